The molecule has 0 bridgehead atoms. The summed E-state index contributed by atoms with van der Waals surface area (Å²) in [5.74, 6) is 2.07. The molecular weight excluding hydrogens is 198 g/mol. The monoisotopic (exact) mass is 221 g/mol. The van der Waals surface area contributed by atoms with E-state index in [4.69, 9.17) is 4.42 Å². The molecule has 1 N–H and O–H groups in total. The maximum atomic E-state index is 5.49. The second-order valence-electron chi connectivity index (χ2n) is 4.93. The fourth-order valence-corrected chi connectivity index (χ4v) is 2.28. The maximum absolute atomic E-state index is 5.49. The van der Waals surface area contributed by atoms with Crippen molar-refractivity contribution in [2.75, 3.05) is 0 Å². The van der Waals surface area contributed by atoms with Gasteiger partial charge in [0, 0.05) is 6.04 Å². The highest BCUT2D eigenvalue weighted by atomic mass is 16.3. The van der Waals surface area contributed by atoms with Crippen LogP contribution in [0.25, 0.3) is 0 Å². The van der Waals surface area contributed by atoms with E-state index in [1.54, 1.807) is 6.26 Å². The van der Waals surface area contributed by atoms with Crippen LogP contribution in [-0.2, 0) is 0 Å². The Balaban J connectivity index is 1.88. The van der Waals surface area contributed by atoms with Crippen molar-refractivity contribution in [2.45, 2.75) is 58.0 Å². The molecular formula is C14H23NO. The van der Waals surface area contributed by atoms with Gasteiger partial charge in [-0.1, -0.05) is 26.7 Å². The lowest BCUT2D eigenvalue weighted by Crippen LogP contribution is -2.32. The van der Waals surface area contributed by atoms with Crippen molar-refractivity contribution < 1.29 is 4.42 Å². The number of hydrogen-bond acceptors (Lipinski definition) is 2. The molecule has 2 atom stereocenters. The minimum Gasteiger partial charge on any atom is -0.468 e. The summed E-state index contributed by atoms with van der Waals surface area (Å²) in [5.41, 5.74) is 0. The van der Waals surface area contributed by atoms with Gasteiger partial charge in [0.15, 0.2) is 0 Å². The van der Waals surface area contributed by atoms with Gasteiger partial charge in [0.2, 0.25) is 0 Å². The zero-order valence-electron chi connectivity index (χ0n) is 10.4. The fourth-order valence-electron chi connectivity index (χ4n) is 2.28. The summed E-state index contributed by atoms with van der Waals surface area (Å²) in [6, 6.07) is 5.09. The third kappa shape index (κ3) is 3.11. The summed E-state index contributed by atoms with van der Waals surface area (Å²) in [4.78, 5) is 0. The summed E-state index contributed by atoms with van der Waals surface area (Å²) in [5, 5.41) is 3.73. The van der Waals surface area contributed by atoms with Gasteiger partial charge < -0.3 is 9.73 Å². The molecule has 1 aliphatic rings. The van der Waals surface area contributed by atoms with Crippen LogP contribution in [0.1, 0.15) is 57.8 Å². The van der Waals surface area contributed by atoms with Crippen molar-refractivity contribution in [3.05, 3.63) is 24.2 Å². The Hall–Kier alpha value is -0.760. The summed E-state index contributed by atoms with van der Waals surface area (Å²) in [6.45, 7) is 4.49. The molecule has 1 aromatic heterocycles. The molecule has 1 heterocycles. The highest BCUT2D eigenvalue weighted by molar-refractivity contribution is 5.04. The number of rotatable bonds is 7. The van der Waals surface area contributed by atoms with Gasteiger partial charge >= 0.3 is 0 Å². The third-order valence-corrected chi connectivity index (χ3v) is 3.54. The van der Waals surface area contributed by atoms with Crippen LogP contribution in [0, 0.1) is 5.92 Å². The van der Waals surface area contributed by atoms with E-state index in [0.29, 0.717) is 12.1 Å². The normalized spacial score (nSPS) is 19.6. The van der Waals surface area contributed by atoms with Gasteiger partial charge in [-0.05, 0) is 37.3 Å². The SMILES string of the molecule is CCC(CC1CC1)NC(CC)c1ccco1. The van der Waals surface area contributed by atoms with Crippen molar-refractivity contribution in [2.24, 2.45) is 5.92 Å². The van der Waals surface area contributed by atoms with Gasteiger partial charge in [0.05, 0.1) is 12.3 Å². The molecule has 2 rings (SSSR count). The zero-order chi connectivity index (χ0) is 11.4. The average molecular weight is 221 g/mol. The van der Waals surface area contributed by atoms with E-state index in [2.05, 4.69) is 25.2 Å². The second-order valence-corrected chi connectivity index (χ2v) is 4.93. The molecule has 0 amide bonds. The van der Waals surface area contributed by atoms with Crippen LogP contribution in [0.2, 0.25) is 0 Å². The van der Waals surface area contributed by atoms with Crippen molar-refractivity contribution in [3.8, 4) is 0 Å². The Morgan fingerprint density at radius 3 is 2.69 bits per heavy atom. The van der Waals surface area contributed by atoms with E-state index < -0.39 is 0 Å². The van der Waals surface area contributed by atoms with Gasteiger partial charge in [-0.25, -0.2) is 0 Å². The summed E-state index contributed by atoms with van der Waals surface area (Å²) >= 11 is 0. The third-order valence-electron chi connectivity index (χ3n) is 3.54. The van der Waals surface area contributed by atoms with Crippen molar-refractivity contribution >= 4 is 0 Å². The number of furan rings is 1. The molecule has 0 saturated heterocycles. The smallest absolute Gasteiger partial charge is 0.120 e. The summed E-state index contributed by atoms with van der Waals surface area (Å²) < 4.78 is 5.49. The lowest BCUT2D eigenvalue weighted by Gasteiger charge is -2.22. The largest absolute Gasteiger partial charge is 0.468 e. The molecule has 2 unspecified atom stereocenters. The molecule has 0 aromatic carbocycles. The minimum absolute atomic E-state index is 0.388. The Kier molecular flexibility index (Phi) is 4.05. The van der Waals surface area contributed by atoms with Gasteiger partial charge in [-0.2, -0.15) is 0 Å². The molecule has 1 aliphatic carbocycles. The van der Waals surface area contributed by atoms with Crippen LogP contribution < -0.4 is 5.32 Å². The van der Waals surface area contributed by atoms with Crippen LogP contribution in [0.3, 0.4) is 0 Å². The summed E-state index contributed by atoms with van der Waals surface area (Å²) in [7, 11) is 0. The molecule has 2 heteroatoms. The van der Waals surface area contributed by atoms with E-state index >= 15 is 0 Å². The van der Waals surface area contributed by atoms with Crippen LogP contribution in [0.4, 0.5) is 0 Å². The molecule has 1 aromatic rings. The van der Waals surface area contributed by atoms with Gasteiger partial charge in [-0.3, -0.25) is 0 Å². The number of hydrogen-bond donors (Lipinski definition) is 1. The van der Waals surface area contributed by atoms with Crippen LogP contribution >= 0.6 is 0 Å². The standard InChI is InChI=1S/C14H23NO/c1-3-12(10-11-7-8-11)15-13(4-2)14-6-5-9-16-14/h5-6,9,11-13,15H,3-4,7-8,10H2,1-2H3. The second kappa shape index (κ2) is 5.53. The first-order valence-corrected chi connectivity index (χ1v) is 6.62. The van der Waals surface area contributed by atoms with Crippen LogP contribution in [0.15, 0.2) is 22.8 Å². The molecule has 1 fully saturated rings. The first-order chi connectivity index (χ1) is 7.83. The van der Waals surface area contributed by atoms with Crippen LogP contribution in [0.5, 0.6) is 0 Å². The predicted molar refractivity (Wildman–Crippen MR) is 66.3 cm³/mol. The highest BCUT2D eigenvalue weighted by Crippen LogP contribution is 2.34. The van der Waals surface area contributed by atoms with Crippen LogP contribution in [-0.4, -0.2) is 6.04 Å². The Morgan fingerprint density at radius 1 is 1.38 bits per heavy atom. The fraction of sp³-hybridized carbons (Fsp3) is 0.714. The Labute approximate surface area is 98.4 Å². The van der Waals surface area contributed by atoms with Gasteiger partial charge in [-0.15, -0.1) is 0 Å². The lowest BCUT2D eigenvalue weighted by atomic mass is 10.0. The topological polar surface area (TPSA) is 25.2 Å². The molecule has 2 nitrogen and oxygen atoms in total. The first-order valence-electron chi connectivity index (χ1n) is 6.62. The molecule has 1 saturated carbocycles. The predicted octanol–water partition coefficient (Wildman–Crippen LogP) is 3.90. The molecule has 90 valence electrons. The molecule has 16 heavy (non-hydrogen) atoms. The van der Waals surface area contributed by atoms with Gasteiger partial charge in [0.1, 0.15) is 5.76 Å². The maximum Gasteiger partial charge on any atom is 0.120 e. The van der Waals surface area contributed by atoms with Crippen molar-refractivity contribution in [1.29, 1.82) is 0 Å². The molecule has 0 radical (unpaired) electrons. The lowest BCUT2D eigenvalue weighted by molar-refractivity contribution is 0.340. The number of nitrogens with one attached hydrogen (secondary N) is 1. The van der Waals surface area contributed by atoms with Crippen molar-refractivity contribution in [1.82, 2.24) is 5.32 Å². The first kappa shape index (κ1) is 11.7. The Bertz CT molecular complexity index is 290. The zero-order valence-corrected chi connectivity index (χ0v) is 10.4. The van der Waals surface area contributed by atoms with E-state index in [9.17, 15) is 0 Å². The van der Waals surface area contributed by atoms with E-state index in [-0.39, 0.29) is 0 Å². The quantitative estimate of drug-likeness (QED) is 0.755. The minimum atomic E-state index is 0.388. The van der Waals surface area contributed by atoms with Crippen molar-refractivity contribution in [3.63, 3.8) is 0 Å². The van der Waals surface area contributed by atoms with E-state index in [1.807, 2.05) is 6.07 Å². The van der Waals surface area contributed by atoms with E-state index in [1.165, 1.54) is 25.7 Å². The molecule has 0 spiro atoms. The van der Waals surface area contributed by atoms with Gasteiger partial charge in [0.25, 0.3) is 0 Å². The Morgan fingerprint density at radius 2 is 2.19 bits per heavy atom. The van der Waals surface area contributed by atoms with E-state index in [0.717, 1.165) is 18.1 Å². The highest BCUT2D eigenvalue weighted by Gasteiger charge is 2.26. The average Bonchev–Trinajstić information content (AvgIpc) is 2.95. The summed E-state index contributed by atoms with van der Waals surface area (Å²) in [6.07, 6.45) is 8.29. The molecule has 0 aliphatic heterocycles.